The van der Waals surface area contributed by atoms with Gasteiger partial charge in [-0.05, 0) is 18.2 Å². The van der Waals surface area contributed by atoms with E-state index in [4.69, 9.17) is 17.3 Å². The number of nitrogens with zero attached hydrogens (tertiary/aromatic N) is 2. The fraction of sp³-hybridized carbons (Fsp3) is 0.182. The van der Waals surface area contributed by atoms with E-state index in [0.29, 0.717) is 16.0 Å². The molecule has 2 N–H and O–H groups in total. The Labute approximate surface area is 102 Å². The number of nitrogens with one attached hydrogen (secondary N) is 1. The Balaban J connectivity index is 2.67. The topological polar surface area (TPSA) is 70.9 Å². The van der Waals surface area contributed by atoms with Crippen molar-refractivity contribution in [3.05, 3.63) is 45.6 Å². The molecule has 0 amide bonds. The maximum atomic E-state index is 11.7. The predicted octanol–water partition coefficient (Wildman–Crippen LogP) is 0.960. The van der Waals surface area contributed by atoms with Gasteiger partial charge in [-0.15, -0.1) is 0 Å². The Morgan fingerprint density at radius 3 is 2.94 bits per heavy atom. The van der Waals surface area contributed by atoms with E-state index < -0.39 is 0 Å². The molecule has 0 saturated carbocycles. The second-order valence-corrected chi connectivity index (χ2v) is 3.85. The van der Waals surface area contributed by atoms with Gasteiger partial charge in [-0.3, -0.25) is 14.5 Å². The van der Waals surface area contributed by atoms with Crippen LogP contribution < -0.4 is 5.69 Å². The highest BCUT2D eigenvalue weighted by Gasteiger charge is 2.07. The van der Waals surface area contributed by atoms with E-state index >= 15 is 0 Å². The lowest BCUT2D eigenvalue weighted by molar-refractivity contribution is 0.274. The van der Waals surface area contributed by atoms with Crippen LogP contribution >= 0.6 is 12.2 Å². The molecule has 0 aromatic carbocycles. The van der Waals surface area contributed by atoms with E-state index in [1.807, 2.05) is 6.07 Å². The number of pyridine rings is 1. The van der Waals surface area contributed by atoms with Crippen LogP contribution in [0.25, 0.3) is 11.4 Å². The molecule has 0 fully saturated rings. The quantitative estimate of drug-likeness (QED) is 0.795. The van der Waals surface area contributed by atoms with Gasteiger partial charge in [0.15, 0.2) is 0 Å². The smallest absolute Gasteiger partial charge is 0.327 e. The molecule has 2 aromatic heterocycles. The Hall–Kier alpha value is -1.79. The molecule has 2 rings (SSSR count). The van der Waals surface area contributed by atoms with Gasteiger partial charge in [-0.1, -0.05) is 18.3 Å². The van der Waals surface area contributed by atoms with Crippen LogP contribution in [0.5, 0.6) is 0 Å². The van der Waals surface area contributed by atoms with Crippen molar-refractivity contribution in [3.8, 4) is 11.4 Å². The van der Waals surface area contributed by atoms with E-state index in [9.17, 15) is 4.79 Å². The zero-order valence-corrected chi connectivity index (χ0v) is 9.78. The second kappa shape index (κ2) is 5.03. The van der Waals surface area contributed by atoms with Crippen LogP contribution in [-0.2, 0) is 6.54 Å². The minimum atomic E-state index is -0.341. The third-order valence-corrected chi connectivity index (χ3v) is 2.50. The molecule has 0 bridgehead atoms. The number of aromatic nitrogens is 3. The van der Waals surface area contributed by atoms with Crippen molar-refractivity contribution in [2.45, 2.75) is 6.54 Å². The lowest BCUT2D eigenvalue weighted by Gasteiger charge is -2.10. The van der Waals surface area contributed by atoms with Crippen molar-refractivity contribution < 1.29 is 5.11 Å². The fourth-order valence-corrected chi connectivity index (χ4v) is 1.77. The zero-order valence-electron chi connectivity index (χ0n) is 8.96. The summed E-state index contributed by atoms with van der Waals surface area (Å²) in [5.74, 6) is 0. The Kier molecular flexibility index (Phi) is 3.46. The fourth-order valence-electron chi connectivity index (χ4n) is 1.57. The molecule has 17 heavy (non-hydrogen) atoms. The molecule has 6 heteroatoms. The highest BCUT2D eigenvalue weighted by molar-refractivity contribution is 7.71. The number of aliphatic hydroxyl groups is 1. The van der Waals surface area contributed by atoms with E-state index in [1.165, 1.54) is 4.57 Å². The van der Waals surface area contributed by atoms with Crippen LogP contribution in [0.3, 0.4) is 0 Å². The van der Waals surface area contributed by atoms with Gasteiger partial charge >= 0.3 is 5.69 Å². The Morgan fingerprint density at radius 2 is 2.29 bits per heavy atom. The van der Waals surface area contributed by atoms with Crippen LogP contribution in [0.1, 0.15) is 0 Å². The number of hydrogen-bond acceptors (Lipinski definition) is 4. The third-order valence-electron chi connectivity index (χ3n) is 2.28. The maximum absolute atomic E-state index is 11.7. The number of rotatable bonds is 3. The largest absolute Gasteiger partial charge is 0.395 e. The average molecular weight is 249 g/mol. The van der Waals surface area contributed by atoms with Crippen molar-refractivity contribution in [1.29, 1.82) is 0 Å². The highest BCUT2D eigenvalue weighted by atomic mass is 32.1. The summed E-state index contributed by atoms with van der Waals surface area (Å²) < 4.78 is 1.77. The SMILES string of the molecule is O=c1[nH]c(=S)cc(-c2ccccn2)n1CCO. The molecule has 0 spiro atoms. The van der Waals surface area contributed by atoms with Gasteiger partial charge in [0.1, 0.15) is 4.64 Å². The molecule has 0 aliphatic rings. The van der Waals surface area contributed by atoms with Crippen molar-refractivity contribution in [2.75, 3.05) is 6.61 Å². The molecular formula is C11H11N3O2S. The summed E-state index contributed by atoms with van der Waals surface area (Å²) in [6.45, 7) is 0.0845. The van der Waals surface area contributed by atoms with E-state index in [1.54, 1.807) is 24.4 Å². The maximum Gasteiger partial charge on any atom is 0.327 e. The van der Waals surface area contributed by atoms with Gasteiger partial charge in [0.25, 0.3) is 0 Å². The first kappa shape index (κ1) is 11.7. The van der Waals surface area contributed by atoms with E-state index in [2.05, 4.69) is 9.97 Å². The first-order valence-electron chi connectivity index (χ1n) is 5.09. The summed E-state index contributed by atoms with van der Waals surface area (Å²) >= 11 is 4.97. The van der Waals surface area contributed by atoms with E-state index in [-0.39, 0.29) is 18.8 Å². The van der Waals surface area contributed by atoms with Gasteiger partial charge in [-0.2, -0.15) is 0 Å². The van der Waals surface area contributed by atoms with Gasteiger partial charge in [0.2, 0.25) is 0 Å². The standard InChI is InChI=1S/C11H11N3O2S/c15-6-5-14-9(7-10(17)13-11(14)16)8-3-1-2-4-12-8/h1-4,7,15H,5-6H2,(H,13,16,17). The molecule has 0 radical (unpaired) electrons. The summed E-state index contributed by atoms with van der Waals surface area (Å²) in [5, 5.41) is 8.96. The van der Waals surface area contributed by atoms with Crippen molar-refractivity contribution in [1.82, 2.24) is 14.5 Å². The number of aromatic amines is 1. The molecule has 0 atom stereocenters. The van der Waals surface area contributed by atoms with Gasteiger partial charge in [-0.25, -0.2) is 4.79 Å². The lowest BCUT2D eigenvalue weighted by Crippen LogP contribution is -2.26. The Morgan fingerprint density at radius 1 is 1.47 bits per heavy atom. The molecule has 88 valence electrons. The number of hydrogen-bond donors (Lipinski definition) is 2. The van der Waals surface area contributed by atoms with Crippen LogP contribution in [0.2, 0.25) is 0 Å². The summed E-state index contributed by atoms with van der Waals surface area (Å²) in [7, 11) is 0. The molecule has 0 unspecified atom stereocenters. The minimum Gasteiger partial charge on any atom is -0.395 e. The summed E-state index contributed by atoms with van der Waals surface area (Å²) in [6.07, 6.45) is 1.64. The molecule has 5 nitrogen and oxygen atoms in total. The van der Waals surface area contributed by atoms with Crippen molar-refractivity contribution in [2.24, 2.45) is 0 Å². The molecule has 2 heterocycles. The van der Waals surface area contributed by atoms with Crippen LogP contribution in [0.15, 0.2) is 35.3 Å². The minimum absolute atomic E-state index is 0.121. The normalized spacial score (nSPS) is 10.4. The summed E-state index contributed by atoms with van der Waals surface area (Å²) in [5.41, 5.74) is 0.916. The van der Waals surface area contributed by atoms with Crippen molar-refractivity contribution in [3.63, 3.8) is 0 Å². The molecule has 0 aliphatic heterocycles. The number of H-pyrrole nitrogens is 1. The van der Waals surface area contributed by atoms with Gasteiger partial charge in [0, 0.05) is 6.20 Å². The van der Waals surface area contributed by atoms with E-state index in [0.717, 1.165) is 0 Å². The van der Waals surface area contributed by atoms with Crippen LogP contribution in [-0.4, -0.2) is 26.2 Å². The average Bonchev–Trinajstić information content (AvgIpc) is 2.33. The summed E-state index contributed by atoms with van der Waals surface area (Å²) in [4.78, 5) is 18.4. The lowest BCUT2D eigenvalue weighted by atomic mass is 10.2. The monoisotopic (exact) mass is 249 g/mol. The molecular weight excluding hydrogens is 238 g/mol. The zero-order chi connectivity index (χ0) is 12.3. The predicted molar refractivity (Wildman–Crippen MR) is 66.2 cm³/mol. The van der Waals surface area contributed by atoms with Crippen LogP contribution in [0, 0.1) is 4.64 Å². The third kappa shape index (κ3) is 2.48. The van der Waals surface area contributed by atoms with Crippen LogP contribution in [0.4, 0.5) is 0 Å². The molecule has 2 aromatic rings. The summed E-state index contributed by atoms with van der Waals surface area (Å²) in [6, 6.07) is 7.07. The Bertz CT molecular complexity index is 619. The molecule has 0 saturated heterocycles. The second-order valence-electron chi connectivity index (χ2n) is 3.41. The van der Waals surface area contributed by atoms with Gasteiger partial charge in [0.05, 0.1) is 24.5 Å². The van der Waals surface area contributed by atoms with Crippen molar-refractivity contribution >= 4 is 12.2 Å². The first-order valence-corrected chi connectivity index (χ1v) is 5.49. The molecule has 0 aliphatic carbocycles. The number of aliphatic hydroxyl groups excluding tert-OH is 1. The first-order chi connectivity index (χ1) is 8.22. The highest BCUT2D eigenvalue weighted by Crippen LogP contribution is 2.13. The van der Waals surface area contributed by atoms with Gasteiger partial charge < -0.3 is 5.11 Å².